The summed E-state index contributed by atoms with van der Waals surface area (Å²) in [5.74, 6) is 0.354. The van der Waals surface area contributed by atoms with E-state index in [2.05, 4.69) is 9.82 Å². The Morgan fingerprint density at radius 1 is 1.56 bits per heavy atom. The molecule has 0 aromatic carbocycles. The Kier molecular flexibility index (Phi) is 4.52. The van der Waals surface area contributed by atoms with E-state index in [9.17, 15) is 8.42 Å². The van der Waals surface area contributed by atoms with Crippen LogP contribution in [0.15, 0.2) is 17.3 Å². The first-order valence-electron chi connectivity index (χ1n) is 5.92. The molecule has 0 aliphatic rings. The largest absolute Gasteiger partial charge is 0.329 e. The Labute approximate surface area is 109 Å². The van der Waals surface area contributed by atoms with E-state index < -0.39 is 15.6 Å². The number of sulfonamides is 1. The maximum atomic E-state index is 12.2. The summed E-state index contributed by atoms with van der Waals surface area (Å²) in [4.78, 5) is 0. The molecule has 1 aromatic heterocycles. The topological polar surface area (TPSA) is 90.0 Å². The molecule has 0 fully saturated rings. The normalized spacial score (nSPS) is 15.9. The van der Waals surface area contributed by atoms with Gasteiger partial charge in [0.15, 0.2) is 5.03 Å². The first kappa shape index (κ1) is 15.1. The summed E-state index contributed by atoms with van der Waals surface area (Å²) in [6.45, 7) is 6.14. The van der Waals surface area contributed by atoms with E-state index >= 15 is 0 Å². The molecule has 3 N–H and O–H groups in total. The molecule has 0 radical (unpaired) electrons. The predicted molar refractivity (Wildman–Crippen MR) is 70.4 cm³/mol. The third kappa shape index (κ3) is 3.54. The van der Waals surface area contributed by atoms with Crippen molar-refractivity contribution in [3.8, 4) is 0 Å². The molecule has 1 heterocycles. The van der Waals surface area contributed by atoms with E-state index in [0.29, 0.717) is 12.3 Å². The van der Waals surface area contributed by atoms with Crippen molar-refractivity contribution in [2.75, 3.05) is 6.54 Å². The summed E-state index contributed by atoms with van der Waals surface area (Å²) in [5.41, 5.74) is 5.06. The van der Waals surface area contributed by atoms with E-state index in [1.165, 1.54) is 16.9 Å². The van der Waals surface area contributed by atoms with Crippen LogP contribution in [0.5, 0.6) is 0 Å². The average Bonchev–Trinajstić information content (AvgIpc) is 2.63. The third-order valence-corrected chi connectivity index (χ3v) is 4.45. The lowest BCUT2D eigenvalue weighted by Gasteiger charge is -2.30. The maximum absolute atomic E-state index is 12.2. The number of aryl methyl sites for hydroxylation is 1. The molecule has 1 atom stereocenters. The van der Waals surface area contributed by atoms with Crippen molar-refractivity contribution >= 4 is 10.0 Å². The van der Waals surface area contributed by atoms with Crippen molar-refractivity contribution in [3.63, 3.8) is 0 Å². The van der Waals surface area contributed by atoms with Crippen LogP contribution in [0, 0.1) is 5.92 Å². The summed E-state index contributed by atoms with van der Waals surface area (Å²) < 4.78 is 28.5. The van der Waals surface area contributed by atoms with Crippen molar-refractivity contribution < 1.29 is 8.42 Å². The van der Waals surface area contributed by atoms with Crippen LogP contribution < -0.4 is 10.5 Å². The minimum atomic E-state index is -3.59. The van der Waals surface area contributed by atoms with E-state index in [0.717, 1.165) is 0 Å². The van der Waals surface area contributed by atoms with Crippen LogP contribution in [0.2, 0.25) is 0 Å². The molecule has 7 heteroatoms. The van der Waals surface area contributed by atoms with Gasteiger partial charge in [-0.25, -0.2) is 13.1 Å². The van der Waals surface area contributed by atoms with Crippen LogP contribution in [0.4, 0.5) is 0 Å². The van der Waals surface area contributed by atoms with Crippen LogP contribution in [-0.2, 0) is 17.1 Å². The number of nitrogens with one attached hydrogen (secondary N) is 1. The molecule has 0 bridgehead atoms. The van der Waals surface area contributed by atoms with Gasteiger partial charge in [0, 0.05) is 19.1 Å². The standard InChI is InChI=1S/C11H22N4O2S/c1-9(2)7-11(3,8-12)14-18(16,17)10-5-6-13-15(10)4/h5-6,9,14H,7-8,12H2,1-4H3. The summed E-state index contributed by atoms with van der Waals surface area (Å²) >= 11 is 0. The van der Waals surface area contributed by atoms with Gasteiger partial charge >= 0.3 is 0 Å². The maximum Gasteiger partial charge on any atom is 0.258 e. The summed E-state index contributed by atoms with van der Waals surface area (Å²) in [6, 6.07) is 1.47. The van der Waals surface area contributed by atoms with Gasteiger partial charge in [-0.15, -0.1) is 0 Å². The summed E-state index contributed by atoms with van der Waals surface area (Å²) in [5, 5.41) is 4.01. The van der Waals surface area contributed by atoms with E-state index in [1.807, 2.05) is 20.8 Å². The lowest BCUT2D eigenvalue weighted by molar-refractivity contribution is 0.343. The van der Waals surface area contributed by atoms with Gasteiger partial charge in [0.1, 0.15) is 0 Å². The Hall–Kier alpha value is -0.920. The fourth-order valence-electron chi connectivity index (χ4n) is 2.07. The molecule has 1 unspecified atom stereocenters. The third-order valence-electron chi connectivity index (χ3n) is 2.74. The summed E-state index contributed by atoms with van der Waals surface area (Å²) in [6.07, 6.45) is 2.14. The van der Waals surface area contributed by atoms with Crippen molar-refractivity contribution in [1.29, 1.82) is 0 Å². The minimum Gasteiger partial charge on any atom is -0.329 e. The zero-order valence-corrected chi connectivity index (χ0v) is 12.2. The number of hydrogen-bond acceptors (Lipinski definition) is 4. The molecule has 0 saturated heterocycles. The number of aromatic nitrogens is 2. The second-order valence-electron chi connectivity index (χ2n) is 5.26. The second-order valence-corrected chi connectivity index (χ2v) is 6.89. The SMILES string of the molecule is CC(C)CC(C)(CN)NS(=O)(=O)c1ccnn1C. The molecule has 0 aliphatic heterocycles. The summed E-state index contributed by atoms with van der Waals surface area (Å²) in [7, 11) is -2.00. The quantitative estimate of drug-likeness (QED) is 0.788. The van der Waals surface area contributed by atoms with Gasteiger partial charge in [0.25, 0.3) is 10.0 Å². The fourth-order valence-corrected chi connectivity index (χ4v) is 3.62. The van der Waals surface area contributed by atoms with Crippen molar-refractivity contribution in [2.45, 2.75) is 37.8 Å². The van der Waals surface area contributed by atoms with Gasteiger partial charge in [-0.3, -0.25) is 4.68 Å². The number of rotatable bonds is 6. The average molecular weight is 274 g/mol. The minimum absolute atomic E-state index is 0.144. The highest BCUT2D eigenvalue weighted by molar-refractivity contribution is 7.89. The van der Waals surface area contributed by atoms with Crippen LogP contribution in [0.3, 0.4) is 0 Å². The molecule has 0 aliphatic carbocycles. The van der Waals surface area contributed by atoms with Gasteiger partial charge in [-0.2, -0.15) is 5.10 Å². The first-order valence-corrected chi connectivity index (χ1v) is 7.40. The molecule has 0 amide bonds. The van der Waals surface area contributed by atoms with Crippen LogP contribution in [-0.4, -0.2) is 30.3 Å². The van der Waals surface area contributed by atoms with Crippen molar-refractivity contribution in [1.82, 2.24) is 14.5 Å². The van der Waals surface area contributed by atoms with Gasteiger partial charge < -0.3 is 5.73 Å². The zero-order valence-electron chi connectivity index (χ0n) is 11.3. The first-order chi connectivity index (χ1) is 8.20. The molecule has 0 spiro atoms. The molecule has 18 heavy (non-hydrogen) atoms. The highest BCUT2D eigenvalue weighted by Crippen LogP contribution is 2.19. The highest BCUT2D eigenvalue weighted by Gasteiger charge is 2.31. The molecule has 1 aromatic rings. The Bertz CT molecular complexity index is 495. The zero-order chi connectivity index (χ0) is 14.0. The van der Waals surface area contributed by atoms with Gasteiger partial charge in [-0.1, -0.05) is 13.8 Å². The van der Waals surface area contributed by atoms with Gasteiger partial charge in [0.05, 0.1) is 6.20 Å². The van der Waals surface area contributed by atoms with Gasteiger partial charge in [0.2, 0.25) is 0 Å². The number of hydrogen-bond donors (Lipinski definition) is 2. The monoisotopic (exact) mass is 274 g/mol. The smallest absolute Gasteiger partial charge is 0.258 e. The van der Waals surface area contributed by atoms with Crippen molar-refractivity contribution in [2.24, 2.45) is 18.7 Å². The molecule has 104 valence electrons. The predicted octanol–water partition coefficient (Wildman–Crippen LogP) is 0.462. The van der Waals surface area contributed by atoms with Gasteiger partial charge in [-0.05, 0) is 25.3 Å². The van der Waals surface area contributed by atoms with E-state index in [4.69, 9.17) is 5.73 Å². The van der Waals surface area contributed by atoms with Crippen LogP contribution >= 0.6 is 0 Å². The Morgan fingerprint density at radius 2 is 2.17 bits per heavy atom. The van der Waals surface area contributed by atoms with Crippen LogP contribution in [0.1, 0.15) is 27.2 Å². The lowest BCUT2D eigenvalue weighted by Crippen LogP contribution is -2.52. The fraction of sp³-hybridized carbons (Fsp3) is 0.727. The molecule has 0 saturated carbocycles. The molecule has 6 nitrogen and oxygen atoms in total. The highest BCUT2D eigenvalue weighted by atomic mass is 32.2. The molecule has 1 rings (SSSR count). The van der Waals surface area contributed by atoms with Crippen LogP contribution in [0.25, 0.3) is 0 Å². The Morgan fingerprint density at radius 3 is 2.56 bits per heavy atom. The lowest BCUT2D eigenvalue weighted by atomic mass is 9.92. The molecular formula is C11H22N4O2S. The van der Waals surface area contributed by atoms with Crippen molar-refractivity contribution in [3.05, 3.63) is 12.3 Å². The Balaban J connectivity index is 2.98. The number of nitrogens with zero attached hydrogens (tertiary/aromatic N) is 2. The second kappa shape index (κ2) is 5.38. The number of nitrogens with two attached hydrogens (primary N) is 1. The molecular weight excluding hydrogens is 252 g/mol. The van der Waals surface area contributed by atoms with E-state index in [-0.39, 0.29) is 11.6 Å². The van der Waals surface area contributed by atoms with E-state index in [1.54, 1.807) is 7.05 Å².